The van der Waals surface area contributed by atoms with Crippen molar-refractivity contribution in [2.24, 2.45) is 0 Å². The van der Waals surface area contributed by atoms with Crippen LogP contribution in [0.1, 0.15) is 34.1 Å². The Hall–Kier alpha value is -4.17. The summed E-state index contributed by atoms with van der Waals surface area (Å²) in [7, 11) is 0. The fourth-order valence-corrected chi connectivity index (χ4v) is 2.29. The molecule has 0 rings (SSSR count). The second-order valence-electron chi connectivity index (χ2n) is 8.40. The highest BCUT2D eigenvalue weighted by atomic mass is 17.1. The standard InChI is InChI=1S/C25H36N2O12/c1-14(2)20(39-33)9-18(10-34-21(28)15(3)4)37-24(31)26-13-27-25(32)38-19(11-35-22(29)16(5)6)12-36-23(30)17(7)8/h18-20,33H,1,3,5,7,9-13H2,2,4,6,8H3,(H,26,31)(H,27,32). The first-order valence-corrected chi connectivity index (χ1v) is 11.5. The molecule has 0 saturated heterocycles. The fraction of sp³-hybridized carbons (Fsp3) is 0.480. The van der Waals surface area contributed by atoms with Gasteiger partial charge in [-0.25, -0.2) is 28.9 Å². The van der Waals surface area contributed by atoms with E-state index in [4.69, 9.17) is 28.9 Å². The van der Waals surface area contributed by atoms with Crippen LogP contribution in [0.25, 0.3) is 0 Å². The molecule has 0 aliphatic rings. The summed E-state index contributed by atoms with van der Waals surface area (Å²) in [5.74, 6) is -2.21. The quantitative estimate of drug-likeness (QED) is 0.0452. The number of carbonyl (C=O) groups is 5. The first-order valence-electron chi connectivity index (χ1n) is 11.5. The minimum absolute atomic E-state index is 0.104. The van der Waals surface area contributed by atoms with Gasteiger partial charge in [-0.05, 0) is 33.3 Å². The highest BCUT2D eigenvalue weighted by Gasteiger charge is 2.24. The van der Waals surface area contributed by atoms with Crippen LogP contribution < -0.4 is 10.6 Å². The molecular formula is C25H36N2O12. The van der Waals surface area contributed by atoms with Crippen molar-refractivity contribution in [3.63, 3.8) is 0 Å². The van der Waals surface area contributed by atoms with E-state index in [-0.39, 0.29) is 29.7 Å². The molecule has 0 aliphatic heterocycles. The third-order valence-electron chi connectivity index (χ3n) is 4.41. The number of rotatable bonds is 17. The zero-order valence-corrected chi connectivity index (χ0v) is 22.5. The Labute approximate surface area is 226 Å². The first kappa shape index (κ1) is 34.8. The third-order valence-corrected chi connectivity index (χ3v) is 4.41. The normalized spacial score (nSPS) is 11.7. The van der Waals surface area contributed by atoms with Gasteiger partial charge in [0.05, 0.1) is 6.67 Å². The van der Waals surface area contributed by atoms with E-state index in [0.29, 0.717) is 5.57 Å². The lowest BCUT2D eigenvalue weighted by Crippen LogP contribution is -2.42. The Morgan fingerprint density at radius 1 is 0.667 bits per heavy atom. The van der Waals surface area contributed by atoms with Gasteiger partial charge in [-0.15, -0.1) is 0 Å². The van der Waals surface area contributed by atoms with Crippen LogP contribution in [0.2, 0.25) is 0 Å². The number of ether oxygens (including phenoxy) is 5. The van der Waals surface area contributed by atoms with Crippen LogP contribution in [-0.4, -0.2) is 80.2 Å². The number of alkyl carbamates (subject to hydrolysis) is 2. The maximum Gasteiger partial charge on any atom is 0.409 e. The second kappa shape index (κ2) is 18.1. The smallest absolute Gasteiger partial charge is 0.409 e. The van der Waals surface area contributed by atoms with Crippen molar-refractivity contribution in [3.8, 4) is 0 Å². The van der Waals surface area contributed by atoms with E-state index >= 15 is 0 Å². The third kappa shape index (κ3) is 15.6. The molecule has 2 atom stereocenters. The van der Waals surface area contributed by atoms with Crippen LogP contribution in [0.3, 0.4) is 0 Å². The molecule has 0 radical (unpaired) electrons. The van der Waals surface area contributed by atoms with Gasteiger partial charge in [-0.1, -0.05) is 26.3 Å². The molecule has 218 valence electrons. The molecule has 3 N–H and O–H groups in total. The molecule has 0 aromatic carbocycles. The van der Waals surface area contributed by atoms with Gasteiger partial charge in [0, 0.05) is 23.1 Å². The first-order chi connectivity index (χ1) is 18.2. The van der Waals surface area contributed by atoms with Gasteiger partial charge in [0.2, 0.25) is 0 Å². The Kier molecular flexibility index (Phi) is 16.2. The molecule has 0 saturated carbocycles. The number of amides is 2. The average molecular weight is 557 g/mol. The molecule has 0 aromatic rings. The van der Waals surface area contributed by atoms with Gasteiger partial charge in [0.15, 0.2) is 6.10 Å². The zero-order chi connectivity index (χ0) is 30.1. The lowest BCUT2D eigenvalue weighted by Gasteiger charge is -2.22. The van der Waals surface area contributed by atoms with Gasteiger partial charge in [-0.2, -0.15) is 0 Å². The van der Waals surface area contributed by atoms with Crippen LogP contribution in [0.5, 0.6) is 0 Å². The van der Waals surface area contributed by atoms with Gasteiger partial charge < -0.3 is 34.3 Å². The van der Waals surface area contributed by atoms with Crippen molar-refractivity contribution >= 4 is 30.1 Å². The summed E-state index contributed by atoms with van der Waals surface area (Å²) in [5, 5.41) is 13.5. The van der Waals surface area contributed by atoms with Crippen LogP contribution in [0.15, 0.2) is 48.6 Å². The molecule has 0 fully saturated rings. The number of hydrogen-bond donors (Lipinski definition) is 3. The van der Waals surface area contributed by atoms with Crippen LogP contribution >= 0.6 is 0 Å². The number of esters is 3. The SMILES string of the molecule is C=C(C)C(=O)OCC(COC(=O)C(=C)C)OC(=O)NCNC(=O)OC(COC(=O)C(=C)C)CC(OO)C(=C)C. The monoisotopic (exact) mass is 556 g/mol. The molecule has 14 nitrogen and oxygen atoms in total. The van der Waals surface area contributed by atoms with Crippen molar-refractivity contribution < 1.29 is 57.8 Å². The number of carbonyl (C=O) groups excluding carboxylic acids is 5. The summed E-state index contributed by atoms with van der Waals surface area (Å²) in [6.45, 7) is 18.1. The van der Waals surface area contributed by atoms with E-state index in [1.807, 2.05) is 0 Å². The molecule has 0 spiro atoms. The summed E-state index contributed by atoms with van der Waals surface area (Å²) >= 11 is 0. The highest BCUT2D eigenvalue weighted by Crippen LogP contribution is 2.14. The second-order valence-corrected chi connectivity index (χ2v) is 8.40. The van der Waals surface area contributed by atoms with E-state index in [1.54, 1.807) is 6.92 Å². The van der Waals surface area contributed by atoms with Crippen molar-refractivity contribution in [2.75, 3.05) is 26.5 Å². The maximum atomic E-state index is 12.2. The molecule has 39 heavy (non-hydrogen) atoms. The Bertz CT molecular complexity index is 929. The van der Waals surface area contributed by atoms with E-state index in [0.717, 1.165) is 0 Å². The highest BCUT2D eigenvalue weighted by molar-refractivity contribution is 5.87. The lowest BCUT2D eigenvalue weighted by molar-refractivity contribution is -0.273. The average Bonchev–Trinajstić information content (AvgIpc) is 2.85. The zero-order valence-electron chi connectivity index (χ0n) is 22.5. The fourth-order valence-electron chi connectivity index (χ4n) is 2.29. The van der Waals surface area contributed by atoms with Crippen molar-refractivity contribution in [1.82, 2.24) is 10.6 Å². The van der Waals surface area contributed by atoms with Crippen LogP contribution in [-0.2, 0) is 43.0 Å². The maximum absolute atomic E-state index is 12.2. The topological polar surface area (TPSA) is 185 Å². The summed E-state index contributed by atoms with van der Waals surface area (Å²) in [5.41, 5.74) is 0.748. The molecule has 14 heteroatoms. The molecule has 0 heterocycles. The summed E-state index contributed by atoms with van der Waals surface area (Å²) in [4.78, 5) is 63.6. The Balaban J connectivity index is 4.96. The van der Waals surface area contributed by atoms with Gasteiger partial charge >= 0.3 is 30.1 Å². The molecule has 0 aliphatic carbocycles. The largest absolute Gasteiger partial charge is 0.458 e. The van der Waals surface area contributed by atoms with Crippen molar-refractivity contribution in [1.29, 1.82) is 0 Å². The molecule has 0 aromatic heterocycles. The van der Waals surface area contributed by atoms with Gasteiger partial charge in [0.1, 0.15) is 32.0 Å². The Morgan fingerprint density at radius 2 is 1.03 bits per heavy atom. The molecule has 0 bridgehead atoms. The minimum atomic E-state index is -1.19. The van der Waals surface area contributed by atoms with E-state index in [2.05, 4.69) is 41.8 Å². The predicted octanol–water partition coefficient (Wildman–Crippen LogP) is 2.32. The minimum Gasteiger partial charge on any atom is -0.458 e. The summed E-state index contributed by atoms with van der Waals surface area (Å²) in [6.07, 6.45) is -5.35. The van der Waals surface area contributed by atoms with Gasteiger partial charge in [-0.3, -0.25) is 5.26 Å². The molecule has 2 unspecified atom stereocenters. The number of nitrogens with one attached hydrogen (secondary N) is 2. The van der Waals surface area contributed by atoms with E-state index < -0.39 is 68.3 Å². The Morgan fingerprint density at radius 3 is 1.36 bits per heavy atom. The van der Waals surface area contributed by atoms with Crippen LogP contribution in [0.4, 0.5) is 9.59 Å². The lowest BCUT2D eigenvalue weighted by atomic mass is 10.1. The predicted molar refractivity (Wildman–Crippen MR) is 136 cm³/mol. The van der Waals surface area contributed by atoms with E-state index in [9.17, 15) is 24.0 Å². The molecule has 2 amide bonds. The summed E-state index contributed by atoms with van der Waals surface area (Å²) in [6, 6.07) is 0. The van der Waals surface area contributed by atoms with Gasteiger partial charge in [0.25, 0.3) is 0 Å². The van der Waals surface area contributed by atoms with E-state index in [1.165, 1.54) is 20.8 Å². The van der Waals surface area contributed by atoms with Crippen LogP contribution in [0, 0.1) is 0 Å². The van der Waals surface area contributed by atoms with Crippen molar-refractivity contribution in [3.05, 3.63) is 48.6 Å². The van der Waals surface area contributed by atoms with Crippen molar-refractivity contribution in [2.45, 2.75) is 52.4 Å². The molecular weight excluding hydrogens is 520 g/mol. The number of hydrogen-bond acceptors (Lipinski definition) is 12. The summed E-state index contributed by atoms with van der Waals surface area (Å²) < 4.78 is 25.1.